The molecule has 9 heteroatoms. The maximum Gasteiger partial charge on any atom is 0.241 e. The Morgan fingerprint density at radius 2 is 1.77 bits per heavy atom. The van der Waals surface area contributed by atoms with Gasteiger partial charge in [0.1, 0.15) is 6.04 Å². The molecule has 2 amide bonds. The van der Waals surface area contributed by atoms with Crippen LogP contribution in [0.25, 0.3) is 0 Å². The molecule has 2 aromatic carbocycles. The minimum absolute atomic E-state index is 0.00211. The summed E-state index contributed by atoms with van der Waals surface area (Å²) in [5.74, 6) is -0.531. The molecule has 0 aliphatic heterocycles. The Morgan fingerprint density at radius 1 is 1.10 bits per heavy atom. The van der Waals surface area contributed by atoms with Gasteiger partial charge in [0.15, 0.2) is 0 Å². The molecule has 0 saturated heterocycles. The third-order valence-electron chi connectivity index (χ3n) is 4.97. The van der Waals surface area contributed by atoms with Crippen LogP contribution in [-0.2, 0) is 26.2 Å². The molecular weight excluding hydrogens is 438 g/mol. The second-order valence-corrected chi connectivity index (χ2v) is 10.1. The second kappa shape index (κ2) is 9.80. The van der Waals surface area contributed by atoms with Crippen LogP contribution in [0.4, 0.5) is 5.69 Å². The largest absolute Gasteiger partial charge is 0.351 e. The van der Waals surface area contributed by atoms with Crippen LogP contribution in [-0.4, -0.2) is 26.3 Å². The van der Waals surface area contributed by atoms with Gasteiger partial charge in [-0.1, -0.05) is 43.6 Å². The number of hydrogen-bond acceptors (Lipinski definition) is 4. The molecule has 0 heterocycles. The van der Waals surface area contributed by atoms with Gasteiger partial charge in [-0.15, -0.1) is 0 Å². The first-order valence-electron chi connectivity index (χ1n) is 10.1. The highest BCUT2D eigenvalue weighted by Gasteiger charge is 2.30. The topological polar surface area (TPSA) is 104 Å². The minimum atomic E-state index is -3.91. The van der Waals surface area contributed by atoms with E-state index in [1.165, 1.54) is 18.2 Å². The summed E-state index contributed by atoms with van der Waals surface area (Å²) in [5, 5.41) is 5.93. The van der Waals surface area contributed by atoms with Gasteiger partial charge < -0.3 is 10.6 Å². The third kappa shape index (κ3) is 6.53. The van der Waals surface area contributed by atoms with Crippen molar-refractivity contribution in [1.82, 2.24) is 10.0 Å². The van der Waals surface area contributed by atoms with Crippen LogP contribution in [0.3, 0.4) is 0 Å². The summed E-state index contributed by atoms with van der Waals surface area (Å²) in [5.41, 5.74) is 1.54. The zero-order valence-electron chi connectivity index (χ0n) is 17.4. The van der Waals surface area contributed by atoms with Crippen molar-refractivity contribution < 1.29 is 18.0 Å². The van der Waals surface area contributed by atoms with Crippen molar-refractivity contribution in [3.8, 4) is 0 Å². The minimum Gasteiger partial charge on any atom is -0.351 e. The van der Waals surface area contributed by atoms with Crippen molar-refractivity contribution in [2.75, 3.05) is 5.32 Å². The fourth-order valence-electron chi connectivity index (χ4n) is 2.96. The van der Waals surface area contributed by atoms with E-state index in [9.17, 15) is 18.0 Å². The van der Waals surface area contributed by atoms with Crippen molar-refractivity contribution in [2.45, 2.75) is 44.2 Å². The lowest BCUT2D eigenvalue weighted by Crippen LogP contribution is -2.49. The Bertz CT molecular complexity index is 1050. The number of nitrogens with one attached hydrogen (secondary N) is 3. The smallest absolute Gasteiger partial charge is 0.241 e. The van der Waals surface area contributed by atoms with Crippen LogP contribution in [0.15, 0.2) is 53.4 Å². The van der Waals surface area contributed by atoms with E-state index in [2.05, 4.69) is 15.4 Å². The summed E-state index contributed by atoms with van der Waals surface area (Å²) in [6.45, 7) is 3.77. The van der Waals surface area contributed by atoms with E-state index in [-0.39, 0.29) is 29.2 Å². The third-order valence-corrected chi connectivity index (χ3v) is 6.65. The van der Waals surface area contributed by atoms with Gasteiger partial charge in [-0.05, 0) is 54.7 Å². The van der Waals surface area contributed by atoms with Crippen LogP contribution < -0.4 is 15.4 Å². The number of rotatable bonds is 9. The van der Waals surface area contributed by atoms with E-state index in [0.717, 1.165) is 18.4 Å². The van der Waals surface area contributed by atoms with E-state index in [0.29, 0.717) is 10.7 Å². The molecule has 31 heavy (non-hydrogen) atoms. The van der Waals surface area contributed by atoms with E-state index >= 15 is 0 Å². The number of carbonyl (C=O) groups is 2. The first kappa shape index (κ1) is 23.2. The van der Waals surface area contributed by atoms with Gasteiger partial charge >= 0.3 is 0 Å². The summed E-state index contributed by atoms with van der Waals surface area (Å²) >= 11 is 5.89. The molecule has 166 valence electrons. The number of carbonyl (C=O) groups excluding carboxylic acids is 2. The molecule has 0 bridgehead atoms. The predicted octanol–water partition coefficient (Wildman–Crippen LogP) is 3.31. The lowest BCUT2D eigenvalue weighted by Gasteiger charge is -2.22. The lowest BCUT2D eigenvalue weighted by atomic mass is 10.0. The van der Waals surface area contributed by atoms with Gasteiger partial charge in [0.2, 0.25) is 21.8 Å². The molecular formula is C22H26ClN3O4S. The predicted molar refractivity (Wildman–Crippen MR) is 120 cm³/mol. The van der Waals surface area contributed by atoms with E-state index in [1.807, 2.05) is 12.1 Å². The number of sulfonamides is 1. The quantitative estimate of drug-likeness (QED) is 0.530. The average molecular weight is 464 g/mol. The molecule has 3 N–H and O–H groups in total. The van der Waals surface area contributed by atoms with Gasteiger partial charge in [-0.25, -0.2) is 8.42 Å². The highest BCUT2D eigenvalue weighted by molar-refractivity contribution is 7.89. The molecule has 0 aromatic heterocycles. The van der Waals surface area contributed by atoms with Crippen molar-refractivity contribution in [2.24, 2.45) is 11.8 Å². The molecule has 1 atom stereocenters. The molecule has 1 saturated carbocycles. The van der Waals surface area contributed by atoms with Crippen molar-refractivity contribution in [1.29, 1.82) is 0 Å². The van der Waals surface area contributed by atoms with Crippen LogP contribution in [0.2, 0.25) is 5.02 Å². The molecule has 7 nitrogen and oxygen atoms in total. The normalized spacial score (nSPS) is 14.8. The van der Waals surface area contributed by atoms with Crippen molar-refractivity contribution in [3.63, 3.8) is 0 Å². The Kier molecular flexibility index (Phi) is 7.35. The molecule has 0 spiro atoms. The lowest BCUT2D eigenvalue weighted by molar-refractivity contribution is -0.123. The summed E-state index contributed by atoms with van der Waals surface area (Å²) in [4.78, 5) is 24.5. The first-order chi connectivity index (χ1) is 14.7. The molecule has 0 radical (unpaired) electrons. The van der Waals surface area contributed by atoms with E-state index in [1.54, 1.807) is 32.0 Å². The standard InChI is InChI=1S/C22H26ClN3O4S/c1-14(2)20(26-31(29,30)19-5-3-4-17(23)12-19)22(28)24-13-15-6-10-18(11-7-15)25-21(27)16-8-9-16/h3-7,10-12,14,16,20,26H,8-9,13H2,1-2H3,(H,24,28)(H,25,27)/t20-/m0/s1. The maximum absolute atomic E-state index is 12.7. The van der Waals surface area contributed by atoms with Crippen molar-refractivity contribution >= 4 is 39.1 Å². The first-order valence-corrected chi connectivity index (χ1v) is 12.0. The Morgan fingerprint density at radius 3 is 2.35 bits per heavy atom. The zero-order chi connectivity index (χ0) is 22.6. The van der Waals surface area contributed by atoms with Crippen LogP contribution >= 0.6 is 11.6 Å². The highest BCUT2D eigenvalue weighted by atomic mass is 35.5. The summed E-state index contributed by atoms with van der Waals surface area (Å²) < 4.78 is 27.8. The SMILES string of the molecule is CC(C)[C@H](NS(=O)(=O)c1cccc(Cl)c1)C(=O)NCc1ccc(NC(=O)C2CC2)cc1. The van der Waals surface area contributed by atoms with Gasteiger partial charge in [0.05, 0.1) is 4.90 Å². The number of amides is 2. The zero-order valence-corrected chi connectivity index (χ0v) is 19.0. The number of benzene rings is 2. The monoisotopic (exact) mass is 463 g/mol. The summed E-state index contributed by atoms with van der Waals surface area (Å²) in [6, 6.07) is 12.1. The number of hydrogen-bond donors (Lipinski definition) is 3. The molecule has 3 rings (SSSR count). The van der Waals surface area contributed by atoms with Crippen LogP contribution in [0, 0.1) is 11.8 Å². The molecule has 1 aliphatic carbocycles. The van der Waals surface area contributed by atoms with Gasteiger partial charge in [-0.2, -0.15) is 4.72 Å². The fraction of sp³-hybridized carbons (Fsp3) is 0.364. The highest BCUT2D eigenvalue weighted by Crippen LogP contribution is 2.30. The van der Waals surface area contributed by atoms with E-state index < -0.39 is 22.0 Å². The second-order valence-electron chi connectivity index (χ2n) is 7.98. The maximum atomic E-state index is 12.7. The number of anilines is 1. The van der Waals surface area contributed by atoms with Crippen LogP contribution in [0.1, 0.15) is 32.3 Å². The average Bonchev–Trinajstić information content (AvgIpc) is 3.56. The number of halogens is 1. The fourth-order valence-corrected chi connectivity index (χ4v) is 4.60. The molecule has 1 fully saturated rings. The summed E-state index contributed by atoms with van der Waals surface area (Å²) in [7, 11) is -3.91. The Labute approximate surface area is 187 Å². The summed E-state index contributed by atoms with van der Waals surface area (Å²) in [6.07, 6.45) is 1.88. The Balaban J connectivity index is 1.59. The molecule has 2 aromatic rings. The van der Waals surface area contributed by atoms with Gasteiger partial charge in [0, 0.05) is 23.2 Å². The Hall–Kier alpha value is -2.42. The van der Waals surface area contributed by atoms with Gasteiger partial charge in [0.25, 0.3) is 0 Å². The van der Waals surface area contributed by atoms with Gasteiger partial charge in [-0.3, -0.25) is 9.59 Å². The van der Waals surface area contributed by atoms with E-state index in [4.69, 9.17) is 11.6 Å². The molecule has 1 aliphatic rings. The van der Waals surface area contributed by atoms with Crippen LogP contribution in [0.5, 0.6) is 0 Å². The molecule has 0 unspecified atom stereocenters. The van der Waals surface area contributed by atoms with Crippen molar-refractivity contribution in [3.05, 3.63) is 59.1 Å².